The smallest absolute Gasteiger partial charge is 0.305 e. The van der Waals surface area contributed by atoms with Gasteiger partial charge in [0.2, 0.25) is 0 Å². The summed E-state index contributed by atoms with van der Waals surface area (Å²) in [5.74, 6) is -0.396. The van der Waals surface area contributed by atoms with Crippen LogP contribution in [0.2, 0.25) is 0 Å². The summed E-state index contributed by atoms with van der Waals surface area (Å²) < 4.78 is 15.5. The molecule has 0 saturated carbocycles. The van der Waals surface area contributed by atoms with Crippen LogP contribution in [-0.4, -0.2) is 88.1 Å². The number of aliphatic hydroxyl groups is 5. The number of allylic oxidation sites excluding steroid dienone is 4. The summed E-state index contributed by atoms with van der Waals surface area (Å²) in [5.41, 5.74) is 0. The molecule has 0 aromatic heterocycles. The first-order valence-electron chi connectivity index (χ1n) is 13.5. The van der Waals surface area contributed by atoms with E-state index < -0.39 is 49.4 Å². The molecule has 1 aliphatic rings. The molecular formula is C27H48O9. The molecule has 210 valence electrons. The van der Waals surface area contributed by atoms with Crippen molar-refractivity contribution in [3.8, 4) is 0 Å². The quantitative estimate of drug-likeness (QED) is 0.0936. The lowest BCUT2D eigenvalue weighted by molar-refractivity contribution is -0.305. The molecule has 0 aromatic carbocycles. The molecule has 1 saturated heterocycles. The highest BCUT2D eigenvalue weighted by molar-refractivity contribution is 5.69. The maximum Gasteiger partial charge on any atom is 0.305 e. The van der Waals surface area contributed by atoms with Crippen molar-refractivity contribution in [2.45, 2.75) is 121 Å². The third kappa shape index (κ3) is 14.4. The lowest BCUT2D eigenvalue weighted by atomic mass is 9.99. The minimum atomic E-state index is -1.56. The summed E-state index contributed by atoms with van der Waals surface area (Å²) >= 11 is 0. The van der Waals surface area contributed by atoms with Gasteiger partial charge < -0.3 is 39.7 Å². The van der Waals surface area contributed by atoms with E-state index in [1.165, 1.54) is 25.7 Å². The second-order valence-electron chi connectivity index (χ2n) is 9.35. The van der Waals surface area contributed by atoms with Crippen LogP contribution in [0, 0.1) is 0 Å². The van der Waals surface area contributed by atoms with Gasteiger partial charge in [-0.2, -0.15) is 0 Å². The van der Waals surface area contributed by atoms with Crippen LogP contribution in [0.1, 0.15) is 84.0 Å². The van der Waals surface area contributed by atoms with Gasteiger partial charge in [0.1, 0.15) is 37.1 Å². The lowest BCUT2D eigenvalue weighted by Gasteiger charge is -2.39. The largest absolute Gasteiger partial charge is 0.463 e. The van der Waals surface area contributed by atoms with Crippen LogP contribution in [0.3, 0.4) is 0 Å². The predicted molar refractivity (Wildman–Crippen MR) is 136 cm³/mol. The van der Waals surface area contributed by atoms with Crippen LogP contribution >= 0.6 is 0 Å². The van der Waals surface area contributed by atoms with Gasteiger partial charge in [0.05, 0.1) is 13.2 Å². The van der Waals surface area contributed by atoms with Gasteiger partial charge in [0, 0.05) is 6.42 Å². The van der Waals surface area contributed by atoms with Crippen LogP contribution in [0.15, 0.2) is 24.3 Å². The third-order valence-corrected chi connectivity index (χ3v) is 6.07. The molecule has 36 heavy (non-hydrogen) atoms. The number of hydrogen-bond donors (Lipinski definition) is 5. The summed E-state index contributed by atoms with van der Waals surface area (Å²) in [6, 6.07) is 0. The molecule has 6 atom stereocenters. The first-order valence-corrected chi connectivity index (χ1v) is 13.5. The van der Waals surface area contributed by atoms with Gasteiger partial charge >= 0.3 is 5.97 Å². The minimum Gasteiger partial charge on any atom is -0.463 e. The Kier molecular flexibility index (Phi) is 18.8. The highest BCUT2D eigenvalue weighted by Gasteiger charge is 2.44. The molecule has 9 heteroatoms. The summed E-state index contributed by atoms with van der Waals surface area (Å²) in [6.45, 7) is 1.06. The molecule has 0 bridgehead atoms. The van der Waals surface area contributed by atoms with E-state index in [4.69, 9.17) is 19.3 Å². The van der Waals surface area contributed by atoms with Crippen molar-refractivity contribution >= 4 is 5.97 Å². The van der Waals surface area contributed by atoms with Gasteiger partial charge in [0.25, 0.3) is 0 Å². The number of rotatable bonds is 20. The fraction of sp³-hybridized carbons (Fsp3) is 0.815. The molecule has 5 N–H and O–H groups in total. The summed E-state index contributed by atoms with van der Waals surface area (Å²) in [7, 11) is 0. The number of unbranched alkanes of at least 4 members (excludes halogenated alkanes) is 8. The monoisotopic (exact) mass is 516 g/mol. The Morgan fingerprint density at radius 2 is 1.50 bits per heavy atom. The second-order valence-corrected chi connectivity index (χ2v) is 9.35. The highest BCUT2D eigenvalue weighted by Crippen LogP contribution is 2.22. The Labute approximate surface area is 215 Å². The Hall–Kier alpha value is -1.33. The molecule has 0 amide bonds. The van der Waals surface area contributed by atoms with E-state index >= 15 is 0 Å². The molecular weight excluding hydrogens is 468 g/mol. The minimum absolute atomic E-state index is 0.267. The summed E-state index contributed by atoms with van der Waals surface area (Å²) in [4.78, 5) is 11.9. The van der Waals surface area contributed by atoms with Crippen molar-refractivity contribution in [2.24, 2.45) is 0 Å². The van der Waals surface area contributed by atoms with Crippen LogP contribution < -0.4 is 0 Å². The Morgan fingerprint density at radius 1 is 0.861 bits per heavy atom. The average Bonchev–Trinajstić information content (AvgIpc) is 2.88. The van der Waals surface area contributed by atoms with Crippen molar-refractivity contribution in [1.29, 1.82) is 0 Å². The van der Waals surface area contributed by atoms with E-state index in [-0.39, 0.29) is 19.6 Å². The third-order valence-electron chi connectivity index (χ3n) is 6.07. The molecule has 0 spiro atoms. The molecule has 9 nitrogen and oxygen atoms in total. The molecule has 0 aromatic rings. The van der Waals surface area contributed by atoms with Gasteiger partial charge in [-0.3, -0.25) is 4.79 Å². The van der Waals surface area contributed by atoms with Crippen LogP contribution in [0.5, 0.6) is 0 Å². The van der Waals surface area contributed by atoms with Crippen molar-refractivity contribution in [3.05, 3.63) is 24.3 Å². The molecule has 0 aliphatic carbocycles. The van der Waals surface area contributed by atoms with Gasteiger partial charge in [-0.25, -0.2) is 0 Å². The van der Waals surface area contributed by atoms with Crippen molar-refractivity contribution in [2.75, 3.05) is 19.8 Å². The van der Waals surface area contributed by atoms with E-state index in [2.05, 4.69) is 31.2 Å². The Bertz CT molecular complexity index is 608. The normalized spacial score (nSPS) is 25.6. The SMILES string of the molecule is CCCCC/C=C\C/C=C\CCCCCCCC(=O)OC[C@H](O)CO[C@@H]1O[C@H](CO)[C@@H](O)[C@H](O)[C@H]1O. The summed E-state index contributed by atoms with van der Waals surface area (Å²) in [5, 5.41) is 48.5. The molecule has 0 radical (unpaired) electrons. The molecule has 1 fully saturated rings. The number of aliphatic hydroxyl groups excluding tert-OH is 5. The summed E-state index contributed by atoms with van der Waals surface area (Å²) in [6.07, 6.45) is 13.2. The van der Waals surface area contributed by atoms with Gasteiger partial charge in [-0.05, 0) is 38.5 Å². The number of hydrogen-bond acceptors (Lipinski definition) is 9. The van der Waals surface area contributed by atoms with Crippen molar-refractivity contribution in [3.63, 3.8) is 0 Å². The predicted octanol–water partition coefficient (Wildman–Crippen LogP) is 2.52. The second kappa shape index (κ2) is 20.7. The Morgan fingerprint density at radius 3 is 2.17 bits per heavy atom. The number of ether oxygens (including phenoxy) is 3. The van der Waals surface area contributed by atoms with Gasteiger partial charge in [0.15, 0.2) is 6.29 Å². The van der Waals surface area contributed by atoms with Crippen molar-refractivity contribution in [1.82, 2.24) is 0 Å². The molecule has 1 aliphatic heterocycles. The van der Waals surface area contributed by atoms with Crippen LogP contribution in [0.4, 0.5) is 0 Å². The fourth-order valence-electron chi connectivity index (χ4n) is 3.80. The van der Waals surface area contributed by atoms with E-state index in [0.29, 0.717) is 0 Å². The van der Waals surface area contributed by atoms with E-state index in [1.807, 2.05) is 0 Å². The van der Waals surface area contributed by atoms with Crippen LogP contribution in [-0.2, 0) is 19.0 Å². The fourth-order valence-corrected chi connectivity index (χ4v) is 3.80. The maximum atomic E-state index is 11.9. The zero-order valence-electron chi connectivity index (χ0n) is 21.7. The standard InChI is InChI=1S/C27H48O9/c1-2-3-4-5-6-7-8-9-10-11-12-13-14-15-16-17-23(30)34-19-21(29)20-35-27-26(33)25(32)24(31)22(18-28)36-27/h6-7,9-10,21-22,24-29,31-33H,2-5,8,11-20H2,1H3/b7-6-,10-9-/t21-,22+,24+,25-,26+,27+/m0/s1. The van der Waals surface area contributed by atoms with Gasteiger partial charge in [-0.15, -0.1) is 0 Å². The number of carbonyl (C=O) groups excluding carboxylic acids is 1. The van der Waals surface area contributed by atoms with Gasteiger partial charge in [-0.1, -0.05) is 63.3 Å². The first kappa shape index (κ1) is 32.7. The first-order chi connectivity index (χ1) is 17.4. The Balaban J connectivity index is 2.00. The lowest BCUT2D eigenvalue weighted by Crippen LogP contribution is -2.59. The van der Waals surface area contributed by atoms with E-state index in [9.17, 15) is 25.2 Å². The zero-order chi connectivity index (χ0) is 26.6. The number of esters is 1. The van der Waals surface area contributed by atoms with Crippen LogP contribution in [0.25, 0.3) is 0 Å². The molecule has 1 heterocycles. The zero-order valence-corrected chi connectivity index (χ0v) is 21.7. The molecule has 0 unspecified atom stereocenters. The number of carbonyl (C=O) groups is 1. The highest BCUT2D eigenvalue weighted by atomic mass is 16.7. The van der Waals surface area contributed by atoms with Crippen molar-refractivity contribution < 1.29 is 44.5 Å². The van der Waals surface area contributed by atoms with E-state index in [0.717, 1.165) is 44.9 Å². The topological polar surface area (TPSA) is 146 Å². The van der Waals surface area contributed by atoms with E-state index in [1.54, 1.807) is 0 Å². The maximum absolute atomic E-state index is 11.9. The molecule has 1 rings (SSSR count). The average molecular weight is 517 g/mol.